The summed E-state index contributed by atoms with van der Waals surface area (Å²) in [5.74, 6) is -5.34. The van der Waals surface area contributed by atoms with Crippen LogP contribution in [0.4, 0.5) is 5.69 Å². The van der Waals surface area contributed by atoms with E-state index in [4.69, 9.17) is 0 Å². The maximum atomic E-state index is 12.7. The Bertz CT molecular complexity index is 1090. The number of ketones is 2. The predicted molar refractivity (Wildman–Crippen MR) is 101 cm³/mol. The number of fused-ring (bicyclic) bond motifs is 1. The second kappa shape index (κ2) is 6.21. The van der Waals surface area contributed by atoms with Crippen LogP contribution in [0.1, 0.15) is 22.1 Å². The van der Waals surface area contributed by atoms with Crippen molar-refractivity contribution in [1.82, 2.24) is 4.98 Å². The van der Waals surface area contributed by atoms with Gasteiger partial charge in [0.1, 0.15) is 10.9 Å². The fourth-order valence-electron chi connectivity index (χ4n) is 3.10. The Hall–Kier alpha value is -3.19. The maximum Gasteiger partial charge on any atom is 0.302 e. The number of aromatic nitrogens is 1. The lowest BCUT2D eigenvalue weighted by Gasteiger charge is -2.28. The molecular weight excluding hydrogens is 364 g/mol. The Morgan fingerprint density at radius 2 is 1.59 bits per heavy atom. The van der Waals surface area contributed by atoms with E-state index in [9.17, 15) is 19.2 Å². The highest BCUT2D eigenvalue weighted by Gasteiger charge is 2.50. The minimum atomic E-state index is -1.47. The lowest BCUT2D eigenvalue weighted by Crippen LogP contribution is -2.55. The molecule has 134 valence electrons. The van der Waals surface area contributed by atoms with E-state index >= 15 is 0 Å². The molecule has 1 aromatic heterocycles. The number of Topliss-reactive ketones (excluding diaryl/α,β-unsaturated/α-hetero) is 2. The molecule has 1 fully saturated rings. The average Bonchev–Trinajstić information content (AvgIpc) is 3.07. The average molecular weight is 378 g/mol. The lowest BCUT2D eigenvalue weighted by atomic mass is 9.92. The van der Waals surface area contributed by atoms with Crippen LogP contribution in [0.25, 0.3) is 10.2 Å². The summed E-state index contributed by atoms with van der Waals surface area (Å²) < 4.78 is 0.782. The summed E-state index contributed by atoms with van der Waals surface area (Å²) in [6, 6.07) is 12.3. The monoisotopic (exact) mass is 378 g/mol. The predicted octanol–water partition coefficient (Wildman–Crippen LogP) is 2.71. The van der Waals surface area contributed by atoms with Crippen LogP contribution in [0, 0.1) is 13.8 Å². The summed E-state index contributed by atoms with van der Waals surface area (Å²) in [5, 5.41) is 0.175. The number of benzene rings is 2. The highest BCUT2D eigenvalue weighted by atomic mass is 32.1. The van der Waals surface area contributed by atoms with Crippen molar-refractivity contribution in [3.05, 3.63) is 58.6 Å². The summed E-state index contributed by atoms with van der Waals surface area (Å²) in [4.78, 5) is 55.9. The van der Waals surface area contributed by atoms with Crippen LogP contribution in [-0.2, 0) is 19.2 Å². The molecule has 1 saturated heterocycles. The Morgan fingerprint density at radius 3 is 2.26 bits per heavy atom. The molecule has 0 unspecified atom stereocenters. The molecule has 0 saturated carbocycles. The Kier molecular flexibility index (Phi) is 3.96. The third-order valence-electron chi connectivity index (χ3n) is 4.52. The number of para-hydroxylation sites is 1. The number of thiazole rings is 1. The van der Waals surface area contributed by atoms with E-state index in [1.807, 2.05) is 12.1 Å². The van der Waals surface area contributed by atoms with Gasteiger partial charge in [0, 0.05) is 0 Å². The van der Waals surface area contributed by atoms with Crippen molar-refractivity contribution in [2.45, 2.75) is 19.8 Å². The van der Waals surface area contributed by atoms with Gasteiger partial charge in [-0.3, -0.25) is 19.2 Å². The van der Waals surface area contributed by atoms with Crippen LogP contribution in [-0.4, -0.2) is 28.4 Å². The van der Waals surface area contributed by atoms with Gasteiger partial charge in [-0.2, -0.15) is 0 Å². The molecule has 0 atom stereocenters. The summed E-state index contributed by atoms with van der Waals surface area (Å²) in [7, 11) is 0. The highest BCUT2D eigenvalue weighted by Crippen LogP contribution is 2.33. The molecule has 1 aliphatic rings. The molecule has 4 rings (SSSR count). The van der Waals surface area contributed by atoms with Crippen molar-refractivity contribution >= 4 is 50.6 Å². The minimum Gasteiger partial charge on any atom is -0.287 e. The summed E-state index contributed by atoms with van der Waals surface area (Å²) in [6.45, 7) is 3.51. The molecule has 0 bridgehead atoms. The molecule has 6 nitrogen and oxygen atoms in total. The van der Waals surface area contributed by atoms with E-state index in [1.165, 1.54) is 0 Å². The van der Waals surface area contributed by atoms with Crippen LogP contribution in [0.2, 0.25) is 0 Å². The van der Waals surface area contributed by atoms with E-state index in [-0.39, 0.29) is 10.7 Å². The number of imide groups is 1. The van der Waals surface area contributed by atoms with Gasteiger partial charge >= 0.3 is 11.8 Å². The largest absolute Gasteiger partial charge is 0.302 e. The zero-order chi connectivity index (χ0) is 19.3. The van der Waals surface area contributed by atoms with E-state index in [0.717, 1.165) is 21.6 Å². The van der Waals surface area contributed by atoms with Gasteiger partial charge in [-0.25, -0.2) is 9.88 Å². The number of carbonyl (C=O) groups excluding carboxylic acids is 4. The third kappa shape index (κ3) is 2.67. The quantitative estimate of drug-likeness (QED) is 0.389. The standard InChI is InChI=1S/C20H14N2O4S/c1-10-7-8-11(2)13(9-10)22-19(25)16(23)15(17(24)20(22)26)18-21-12-5-3-4-6-14(12)27-18/h3-9,15H,1-2H3. The highest BCUT2D eigenvalue weighted by molar-refractivity contribution is 7.19. The first-order valence-corrected chi connectivity index (χ1v) is 9.09. The van der Waals surface area contributed by atoms with Crippen molar-refractivity contribution in [2.75, 3.05) is 4.90 Å². The lowest BCUT2D eigenvalue weighted by molar-refractivity contribution is -0.149. The molecule has 2 amide bonds. The van der Waals surface area contributed by atoms with Gasteiger partial charge in [0.05, 0.1) is 15.9 Å². The van der Waals surface area contributed by atoms with Crippen molar-refractivity contribution < 1.29 is 19.2 Å². The first-order valence-electron chi connectivity index (χ1n) is 8.27. The molecule has 3 aromatic rings. The molecule has 0 N–H and O–H groups in total. The molecular formula is C20H14N2O4S. The van der Waals surface area contributed by atoms with Crippen LogP contribution in [0.3, 0.4) is 0 Å². The van der Waals surface area contributed by atoms with Crippen LogP contribution < -0.4 is 4.90 Å². The van der Waals surface area contributed by atoms with Crippen molar-refractivity contribution in [3.63, 3.8) is 0 Å². The van der Waals surface area contributed by atoms with Gasteiger partial charge in [-0.1, -0.05) is 24.3 Å². The number of hydrogen-bond acceptors (Lipinski definition) is 6. The number of aryl methyl sites for hydroxylation is 2. The van der Waals surface area contributed by atoms with Crippen molar-refractivity contribution in [1.29, 1.82) is 0 Å². The Labute approximate surface area is 158 Å². The first-order chi connectivity index (χ1) is 12.9. The normalized spacial score (nSPS) is 15.9. The summed E-state index contributed by atoms with van der Waals surface area (Å²) in [6.07, 6.45) is 0. The number of amides is 2. The molecule has 0 spiro atoms. The number of anilines is 1. The number of piperidine rings is 1. The van der Waals surface area contributed by atoms with E-state index < -0.39 is 29.3 Å². The van der Waals surface area contributed by atoms with Gasteiger partial charge in [-0.15, -0.1) is 11.3 Å². The SMILES string of the molecule is Cc1ccc(C)c(N2C(=O)C(=O)C(c3nc4ccccc4s3)C(=O)C2=O)c1. The van der Waals surface area contributed by atoms with Crippen molar-refractivity contribution in [3.8, 4) is 0 Å². The minimum absolute atomic E-state index is 0.175. The number of rotatable bonds is 2. The smallest absolute Gasteiger partial charge is 0.287 e. The van der Waals surface area contributed by atoms with Gasteiger partial charge < -0.3 is 0 Å². The van der Waals surface area contributed by atoms with Crippen LogP contribution >= 0.6 is 11.3 Å². The summed E-state index contributed by atoms with van der Waals surface area (Å²) in [5.41, 5.74) is 2.31. The second-order valence-corrected chi connectivity index (χ2v) is 7.48. The van der Waals surface area contributed by atoms with Crippen LogP contribution in [0.5, 0.6) is 0 Å². The molecule has 0 radical (unpaired) electrons. The van der Waals surface area contributed by atoms with Gasteiger partial charge in [0.25, 0.3) is 0 Å². The zero-order valence-electron chi connectivity index (χ0n) is 14.6. The third-order valence-corrected chi connectivity index (χ3v) is 5.62. The molecule has 7 heteroatoms. The molecule has 27 heavy (non-hydrogen) atoms. The number of carbonyl (C=O) groups is 4. The van der Waals surface area contributed by atoms with E-state index in [1.54, 1.807) is 44.2 Å². The topological polar surface area (TPSA) is 84.4 Å². The van der Waals surface area contributed by atoms with Gasteiger partial charge in [0.15, 0.2) is 0 Å². The Morgan fingerprint density at radius 1 is 0.926 bits per heavy atom. The fraction of sp³-hybridized carbons (Fsp3) is 0.150. The molecule has 0 aliphatic carbocycles. The van der Waals surface area contributed by atoms with Crippen molar-refractivity contribution in [2.24, 2.45) is 0 Å². The summed E-state index contributed by atoms with van der Waals surface area (Å²) >= 11 is 1.14. The van der Waals surface area contributed by atoms with Crippen LogP contribution in [0.15, 0.2) is 42.5 Å². The Balaban J connectivity index is 1.79. The fourth-order valence-corrected chi connectivity index (χ4v) is 4.16. The zero-order valence-corrected chi connectivity index (χ0v) is 15.4. The number of hydrogen-bond donors (Lipinski definition) is 0. The number of nitrogens with zero attached hydrogens (tertiary/aromatic N) is 2. The molecule has 2 heterocycles. The van der Waals surface area contributed by atoms with Gasteiger partial charge in [0.2, 0.25) is 11.6 Å². The maximum absolute atomic E-state index is 12.7. The van der Waals surface area contributed by atoms with E-state index in [2.05, 4.69) is 4.98 Å². The van der Waals surface area contributed by atoms with Gasteiger partial charge in [-0.05, 0) is 43.2 Å². The molecule has 1 aliphatic heterocycles. The second-order valence-electron chi connectivity index (χ2n) is 6.42. The van der Waals surface area contributed by atoms with E-state index in [0.29, 0.717) is 16.0 Å². The molecule has 2 aromatic carbocycles. The first kappa shape index (κ1) is 17.2.